The van der Waals surface area contributed by atoms with Crippen LogP contribution in [0, 0.1) is 5.92 Å². The van der Waals surface area contributed by atoms with E-state index in [1.54, 1.807) is 0 Å². The Morgan fingerprint density at radius 2 is 1.70 bits per heavy atom. The van der Waals surface area contributed by atoms with Gasteiger partial charge in [-0.1, -0.05) is 0 Å². The zero-order valence-corrected chi connectivity index (χ0v) is 13.6. The first-order valence-corrected chi connectivity index (χ1v) is 8.61. The van der Waals surface area contributed by atoms with Crippen LogP contribution in [0.1, 0.15) is 44.9 Å². The Labute approximate surface area is 137 Å². The molecule has 23 heavy (non-hydrogen) atoms. The number of likely N-dealkylation sites (tertiary alicyclic amines) is 2. The van der Waals surface area contributed by atoms with Crippen LogP contribution in [0.3, 0.4) is 0 Å². The lowest BCUT2D eigenvalue weighted by atomic mass is 9.97. The van der Waals surface area contributed by atoms with Gasteiger partial charge in [0.05, 0.1) is 5.92 Å². The SMILES string of the molecule is O=C(O)CCCCNC(=O)C1CCCN(C(=O)N2CCCC2)C1. The molecule has 0 saturated carbocycles. The van der Waals surface area contributed by atoms with Crippen molar-refractivity contribution in [2.75, 3.05) is 32.7 Å². The first-order chi connectivity index (χ1) is 11.1. The largest absolute Gasteiger partial charge is 0.481 e. The summed E-state index contributed by atoms with van der Waals surface area (Å²) in [6.45, 7) is 3.39. The van der Waals surface area contributed by atoms with Crippen molar-refractivity contribution in [3.8, 4) is 0 Å². The number of carbonyl (C=O) groups is 3. The minimum Gasteiger partial charge on any atom is -0.481 e. The third kappa shape index (κ3) is 5.41. The number of piperidine rings is 1. The Morgan fingerprint density at radius 1 is 1.00 bits per heavy atom. The number of aliphatic carboxylic acids is 1. The summed E-state index contributed by atoms with van der Waals surface area (Å²) in [5.41, 5.74) is 0. The van der Waals surface area contributed by atoms with E-state index in [0.717, 1.165) is 45.3 Å². The predicted octanol–water partition coefficient (Wildman–Crippen LogP) is 1.29. The van der Waals surface area contributed by atoms with Crippen LogP contribution in [-0.2, 0) is 9.59 Å². The fraction of sp³-hybridized carbons (Fsp3) is 0.812. The van der Waals surface area contributed by atoms with Gasteiger partial charge in [0.1, 0.15) is 0 Å². The maximum atomic E-state index is 12.4. The summed E-state index contributed by atoms with van der Waals surface area (Å²) >= 11 is 0. The van der Waals surface area contributed by atoms with Crippen LogP contribution in [0.25, 0.3) is 0 Å². The molecule has 2 aliphatic heterocycles. The number of carbonyl (C=O) groups excluding carboxylic acids is 2. The van der Waals surface area contributed by atoms with Gasteiger partial charge in [0.25, 0.3) is 0 Å². The highest BCUT2D eigenvalue weighted by Crippen LogP contribution is 2.19. The second-order valence-corrected chi connectivity index (χ2v) is 6.40. The molecule has 0 spiro atoms. The quantitative estimate of drug-likeness (QED) is 0.720. The molecule has 7 heteroatoms. The molecule has 1 unspecified atom stereocenters. The lowest BCUT2D eigenvalue weighted by molar-refractivity contribution is -0.137. The Morgan fingerprint density at radius 3 is 2.39 bits per heavy atom. The summed E-state index contributed by atoms with van der Waals surface area (Å²) < 4.78 is 0. The normalized spacial score (nSPS) is 21.3. The molecule has 0 aliphatic carbocycles. The van der Waals surface area contributed by atoms with Crippen molar-refractivity contribution in [1.29, 1.82) is 0 Å². The van der Waals surface area contributed by atoms with Crippen LogP contribution in [0.2, 0.25) is 0 Å². The smallest absolute Gasteiger partial charge is 0.320 e. The molecule has 2 saturated heterocycles. The first-order valence-electron chi connectivity index (χ1n) is 8.61. The van der Waals surface area contributed by atoms with Gasteiger partial charge in [0, 0.05) is 39.1 Å². The number of hydrogen-bond acceptors (Lipinski definition) is 3. The lowest BCUT2D eigenvalue weighted by Gasteiger charge is -2.34. The van der Waals surface area contributed by atoms with Crippen molar-refractivity contribution >= 4 is 17.9 Å². The van der Waals surface area contributed by atoms with E-state index in [2.05, 4.69) is 5.32 Å². The molecule has 2 aliphatic rings. The highest BCUT2D eigenvalue weighted by atomic mass is 16.4. The van der Waals surface area contributed by atoms with Crippen LogP contribution >= 0.6 is 0 Å². The summed E-state index contributed by atoms with van der Waals surface area (Å²) in [4.78, 5) is 38.7. The Kier molecular flexibility index (Phi) is 6.67. The first kappa shape index (κ1) is 17.6. The minimum atomic E-state index is -0.806. The number of rotatable bonds is 6. The van der Waals surface area contributed by atoms with Crippen molar-refractivity contribution in [2.24, 2.45) is 5.92 Å². The molecule has 0 radical (unpaired) electrons. The number of hydrogen-bond donors (Lipinski definition) is 2. The summed E-state index contributed by atoms with van der Waals surface area (Å²) in [6.07, 6.45) is 5.18. The van der Waals surface area contributed by atoms with Gasteiger partial charge in [-0.25, -0.2) is 4.79 Å². The van der Waals surface area contributed by atoms with Crippen LogP contribution in [0.5, 0.6) is 0 Å². The van der Waals surface area contributed by atoms with E-state index in [4.69, 9.17) is 5.11 Å². The fourth-order valence-corrected chi connectivity index (χ4v) is 3.23. The highest BCUT2D eigenvalue weighted by Gasteiger charge is 2.31. The Hall–Kier alpha value is -1.79. The molecule has 7 nitrogen and oxygen atoms in total. The third-order valence-electron chi connectivity index (χ3n) is 4.56. The zero-order chi connectivity index (χ0) is 16.7. The molecule has 0 aromatic heterocycles. The molecular weight excluding hydrogens is 298 g/mol. The van der Waals surface area contributed by atoms with Gasteiger partial charge in [-0.15, -0.1) is 0 Å². The van der Waals surface area contributed by atoms with Gasteiger partial charge in [-0.3, -0.25) is 9.59 Å². The lowest BCUT2D eigenvalue weighted by Crippen LogP contribution is -2.49. The van der Waals surface area contributed by atoms with Crippen molar-refractivity contribution in [1.82, 2.24) is 15.1 Å². The Bertz CT molecular complexity index is 435. The van der Waals surface area contributed by atoms with Crippen molar-refractivity contribution in [2.45, 2.75) is 44.9 Å². The van der Waals surface area contributed by atoms with Crippen LogP contribution < -0.4 is 5.32 Å². The van der Waals surface area contributed by atoms with Gasteiger partial charge >= 0.3 is 12.0 Å². The molecule has 3 amide bonds. The van der Waals surface area contributed by atoms with E-state index < -0.39 is 5.97 Å². The second kappa shape index (κ2) is 8.74. The molecular formula is C16H27N3O4. The average molecular weight is 325 g/mol. The maximum Gasteiger partial charge on any atom is 0.320 e. The molecule has 2 fully saturated rings. The predicted molar refractivity (Wildman–Crippen MR) is 85.0 cm³/mol. The molecule has 0 aromatic rings. The molecule has 1 atom stereocenters. The van der Waals surface area contributed by atoms with Crippen molar-refractivity contribution < 1.29 is 19.5 Å². The second-order valence-electron chi connectivity index (χ2n) is 6.40. The third-order valence-corrected chi connectivity index (χ3v) is 4.56. The van der Waals surface area contributed by atoms with Gasteiger partial charge in [0.2, 0.25) is 5.91 Å². The van der Waals surface area contributed by atoms with Gasteiger partial charge in [0.15, 0.2) is 0 Å². The zero-order valence-electron chi connectivity index (χ0n) is 13.6. The summed E-state index contributed by atoms with van der Waals surface area (Å²) in [6, 6.07) is 0.0708. The number of amides is 3. The molecule has 2 rings (SSSR count). The summed E-state index contributed by atoms with van der Waals surface area (Å²) in [7, 11) is 0. The van der Waals surface area contributed by atoms with Gasteiger partial charge < -0.3 is 20.2 Å². The molecule has 2 heterocycles. The van der Waals surface area contributed by atoms with E-state index in [9.17, 15) is 14.4 Å². The van der Waals surface area contributed by atoms with E-state index in [1.807, 2.05) is 9.80 Å². The van der Waals surface area contributed by atoms with Crippen LogP contribution in [0.15, 0.2) is 0 Å². The van der Waals surface area contributed by atoms with Crippen molar-refractivity contribution in [3.63, 3.8) is 0 Å². The van der Waals surface area contributed by atoms with E-state index in [-0.39, 0.29) is 24.3 Å². The standard InChI is InChI=1S/C16H27N3O4/c20-14(21)7-1-2-8-17-15(22)13-6-5-11-19(12-13)16(23)18-9-3-4-10-18/h13H,1-12H2,(H,17,22)(H,20,21). The van der Waals surface area contributed by atoms with E-state index >= 15 is 0 Å². The fourth-order valence-electron chi connectivity index (χ4n) is 3.23. The van der Waals surface area contributed by atoms with Crippen LogP contribution in [-0.4, -0.2) is 65.5 Å². The highest BCUT2D eigenvalue weighted by molar-refractivity contribution is 5.81. The van der Waals surface area contributed by atoms with Gasteiger partial charge in [-0.05, 0) is 38.5 Å². The minimum absolute atomic E-state index is 0.0146. The maximum absolute atomic E-state index is 12.4. The number of carboxylic acids is 1. The summed E-state index contributed by atoms with van der Waals surface area (Å²) in [5.74, 6) is -0.964. The number of unbranched alkanes of at least 4 members (excludes halogenated alkanes) is 1. The molecule has 0 aromatic carbocycles. The van der Waals surface area contributed by atoms with Gasteiger partial charge in [-0.2, -0.15) is 0 Å². The number of carboxylic acid groups (broad SMARTS) is 1. The summed E-state index contributed by atoms with van der Waals surface area (Å²) in [5, 5.41) is 11.4. The number of nitrogens with zero attached hydrogens (tertiary/aromatic N) is 2. The van der Waals surface area contributed by atoms with E-state index in [1.165, 1.54) is 0 Å². The monoisotopic (exact) mass is 325 g/mol. The van der Waals surface area contributed by atoms with Crippen LogP contribution in [0.4, 0.5) is 4.79 Å². The molecule has 0 bridgehead atoms. The Balaban J connectivity index is 1.70. The number of urea groups is 1. The molecule has 130 valence electrons. The number of nitrogens with one attached hydrogen (secondary N) is 1. The molecule has 2 N–H and O–H groups in total. The topological polar surface area (TPSA) is 90.0 Å². The average Bonchev–Trinajstić information content (AvgIpc) is 3.08. The van der Waals surface area contributed by atoms with Crippen molar-refractivity contribution in [3.05, 3.63) is 0 Å². The van der Waals surface area contributed by atoms with E-state index in [0.29, 0.717) is 25.9 Å².